The molecule has 0 bridgehead atoms. The lowest BCUT2D eigenvalue weighted by atomic mass is 9.97. The summed E-state index contributed by atoms with van der Waals surface area (Å²) in [6, 6.07) is 8.89. The maximum atomic E-state index is 13.4. The van der Waals surface area contributed by atoms with Crippen molar-refractivity contribution in [3.63, 3.8) is 0 Å². The molecular weight excluding hydrogens is 485 g/mol. The minimum absolute atomic E-state index is 0.175. The standard InChI is InChI=1S/C26H25F3N6O2/c1-15-5-6-17(26(27,28)29)9-19(15)21-13-37-23-11-30-25(33-24(23)34(21)3)32-18-7-8-20(22(10-18)36-4)35-12-16(2)31-14-35/h5-12,14,21H,13H2,1-4H3,(H,30,32,33). The third-order valence-electron chi connectivity index (χ3n) is 6.33. The SMILES string of the molecule is COc1cc(Nc2ncc3c(n2)N(C)C(c2cc(C(F)(F)F)ccc2C)CO3)ccc1-n1cnc(C)c1. The number of alkyl halides is 3. The molecule has 37 heavy (non-hydrogen) atoms. The first-order valence-electron chi connectivity index (χ1n) is 11.5. The average molecular weight is 511 g/mol. The summed E-state index contributed by atoms with van der Waals surface area (Å²) in [7, 11) is 3.37. The normalized spacial score (nSPS) is 15.2. The molecule has 0 aliphatic carbocycles. The van der Waals surface area contributed by atoms with E-state index in [0.29, 0.717) is 34.5 Å². The number of fused-ring (bicyclic) bond motifs is 1. The van der Waals surface area contributed by atoms with Crippen molar-refractivity contribution in [2.45, 2.75) is 26.1 Å². The van der Waals surface area contributed by atoms with Crippen molar-refractivity contribution < 1.29 is 22.6 Å². The highest BCUT2D eigenvalue weighted by Crippen LogP contribution is 2.40. The van der Waals surface area contributed by atoms with Crippen LogP contribution in [0, 0.1) is 13.8 Å². The van der Waals surface area contributed by atoms with Crippen LogP contribution in [0.3, 0.4) is 0 Å². The molecule has 5 rings (SSSR count). The Hall–Kier alpha value is -4.28. The second kappa shape index (κ2) is 9.30. The van der Waals surface area contributed by atoms with E-state index in [1.165, 1.54) is 12.1 Å². The molecule has 1 aliphatic heterocycles. The summed E-state index contributed by atoms with van der Waals surface area (Å²) in [6.07, 6.45) is 0.735. The minimum Gasteiger partial charge on any atom is -0.494 e. The first-order valence-corrected chi connectivity index (χ1v) is 11.5. The Kier molecular flexibility index (Phi) is 6.14. The van der Waals surface area contributed by atoms with E-state index in [4.69, 9.17) is 9.47 Å². The molecule has 192 valence electrons. The number of benzene rings is 2. The van der Waals surface area contributed by atoms with E-state index in [1.807, 2.05) is 40.8 Å². The number of nitrogens with one attached hydrogen (secondary N) is 1. The van der Waals surface area contributed by atoms with E-state index >= 15 is 0 Å². The smallest absolute Gasteiger partial charge is 0.416 e. The van der Waals surface area contributed by atoms with Crippen LogP contribution in [0.4, 0.5) is 30.6 Å². The molecule has 2 aromatic carbocycles. The van der Waals surface area contributed by atoms with Gasteiger partial charge in [-0.2, -0.15) is 18.2 Å². The van der Waals surface area contributed by atoms with Crippen LogP contribution in [-0.4, -0.2) is 40.3 Å². The molecule has 1 unspecified atom stereocenters. The number of methoxy groups -OCH3 is 1. The minimum atomic E-state index is -4.43. The molecule has 2 aromatic heterocycles. The molecule has 8 nitrogen and oxygen atoms in total. The van der Waals surface area contributed by atoms with Gasteiger partial charge in [0.05, 0.1) is 42.6 Å². The van der Waals surface area contributed by atoms with E-state index in [0.717, 1.165) is 23.0 Å². The van der Waals surface area contributed by atoms with Crippen LogP contribution in [0.15, 0.2) is 55.1 Å². The number of likely N-dealkylation sites (N-methyl/N-ethyl adjacent to an activating group) is 1. The van der Waals surface area contributed by atoms with Gasteiger partial charge in [-0.1, -0.05) is 6.07 Å². The number of hydrogen-bond acceptors (Lipinski definition) is 7. The molecule has 11 heteroatoms. The van der Waals surface area contributed by atoms with Crippen molar-refractivity contribution >= 4 is 17.5 Å². The van der Waals surface area contributed by atoms with Crippen LogP contribution < -0.4 is 19.7 Å². The number of rotatable bonds is 5. The summed E-state index contributed by atoms with van der Waals surface area (Å²) in [4.78, 5) is 15.0. The largest absolute Gasteiger partial charge is 0.494 e. The fourth-order valence-corrected chi connectivity index (χ4v) is 4.33. The van der Waals surface area contributed by atoms with Gasteiger partial charge >= 0.3 is 6.18 Å². The predicted octanol–water partition coefficient (Wildman–Crippen LogP) is 5.62. The number of hydrogen-bond donors (Lipinski definition) is 1. The summed E-state index contributed by atoms with van der Waals surface area (Å²) in [6.45, 7) is 3.87. The fraction of sp³-hybridized carbons (Fsp3) is 0.269. The lowest BCUT2D eigenvalue weighted by Gasteiger charge is -2.35. The van der Waals surface area contributed by atoms with Crippen LogP contribution in [-0.2, 0) is 6.18 Å². The fourth-order valence-electron chi connectivity index (χ4n) is 4.33. The lowest BCUT2D eigenvalue weighted by molar-refractivity contribution is -0.137. The molecule has 0 saturated heterocycles. The monoisotopic (exact) mass is 510 g/mol. The van der Waals surface area contributed by atoms with Crippen LogP contribution in [0.5, 0.6) is 11.5 Å². The van der Waals surface area contributed by atoms with Crippen LogP contribution >= 0.6 is 0 Å². The van der Waals surface area contributed by atoms with Gasteiger partial charge in [0.2, 0.25) is 5.95 Å². The quantitative estimate of drug-likeness (QED) is 0.373. The van der Waals surface area contributed by atoms with E-state index < -0.39 is 17.8 Å². The molecule has 0 fully saturated rings. The zero-order valence-corrected chi connectivity index (χ0v) is 20.7. The topological polar surface area (TPSA) is 77.3 Å². The van der Waals surface area contributed by atoms with E-state index in [9.17, 15) is 13.2 Å². The molecule has 1 N–H and O–H groups in total. The number of ether oxygens (including phenoxy) is 2. The van der Waals surface area contributed by atoms with Crippen LogP contribution in [0.2, 0.25) is 0 Å². The van der Waals surface area contributed by atoms with Gasteiger partial charge in [0.25, 0.3) is 0 Å². The predicted molar refractivity (Wildman–Crippen MR) is 133 cm³/mol. The van der Waals surface area contributed by atoms with Gasteiger partial charge < -0.3 is 24.3 Å². The van der Waals surface area contributed by atoms with Crippen LogP contribution in [0.25, 0.3) is 5.69 Å². The van der Waals surface area contributed by atoms with E-state index in [-0.39, 0.29) is 6.61 Å². The highest BCUT2D eigenvalue weighted by atomic mass is 19.4. The van der Waals surface area contributed by atoms with E-state index in [2.05, 4.69) is 20.3 Å². The molecule has 3 heterocycles. The van der Waals surface area contributed by atoms with Gasteiger partial charge in [-0.25, -0.2) is 9.97 Å². The number of imidazole rings is 1. The maximum absolute atomic E-state index is 13.4. The molecule has 4 aromatic rings. The van der Waals surface area contributed by atoms with Crippen molar-refractivity contribution in [1.82, 2.24) is 19.5 Å². The Balaban J connectivity index is 1.42. The van der Waals surface area contributed by atoms with Gasteiger partial charge in [0, 0.05) is 25.0 Å². The Morgan fingerprint density at radius 3 is 2.62 bits per heavy atom. The Morgan fingerprint density at radius 1 is 1.11 bits per heavy atom. The van der Waals surface area contributed by atoms with Gasteiger partial charge in [-0.05, 0) is 49.2 Å². The third kappa shape index (κ3) is 4.76. The highest BCUT2D eigenvalue weighted by molar-refractivity contribution is 5.64. The zero-order valence-electron chi connectivity index (χ0n) is 20.7. The average Bonchev–Trinajstić information content (AvgIpc) is 3.30. The number of anilines is 3. The third-order valence-corrected chi connectivity index (χ3v) is 6.33. The molecule has 0 spiro atoms. The second-order valence-corrected chi connectivity index (χ2v) is 8.82. The molecule has 0 amide bonds. The summed E-state index contributed by atoms with van der Waals surface area (Å²) in [5.74, 6) is 1.87. The van der Waals surface area contributed by atoms with Gasteiger partial charge in [0.15, 0.2) is 11.6 Å². The van der Waals surface area contributed by atoms with E-state index in [1.54, 1.807) is 33.6 Å². The molecule has 0 radical (unpaired) electrons. The number of aromatic nitrogens is 4. The summed E-state index contributed by atoms with van der Waals surface area (Å²) >= 11 is 0. The Labute approximate surface area is 211 Å². The van der Waals surface area contributed by atoms with Crippen molar-refractivity contribution in [3.05, 3.63) is 77.5 Å². The Morgan fingerprint density at radius 2 is 1.92 bits per heavy atom. The van der Waals surface area contributed by atoms with Crippen molar-refractivity contribution in [2.75, 3.05) is 31.0 Å². The number of halogens is 3. The second-order valence-electron chi connectivity index (χ2n) is 8.82. The molecule has 1 aliphatic rings. The first-order chi connectivity index (χ1) is 17.6. The maximum Gasteiger partial charge on any atom is 0.416 e. The number of aryl methyl sites for hydroxylation is 2. The summed E-state index contributed by atoms with van der Waals surface area (Å²) < 4.78 is 53.3. The lowest BCUT2D eigenvalue weighted by Crippen LogP contribution is -2.35. The summed E-state index contributed by atoms with van der Waals surface area (Å²) in [5.41, 5.74) is 2.99. The van der Waals surface area contributed by atoms with Crippen molar-refractivity contribution in [3.8, 4) is 17.2 Å². The number of nitrogens with zero attached hydrogens (tertiary/aromatic N) is 5. The van der Waals surface area contributed by atoms with Gasteiger partial charge in [-0.3, -0.25) is 0 Å². The molecular formula is C26H25F3N6O2. The molecule has 0 saturated carbocycles. The molecule has 1 atom stereocenters. The van der Waals surface area contributed by atoms with Crippen molar-refractivity contribution in [2.24, 2.45) is 0 Å². The summed E-state index contributed by atoms with van der Waals surface area (Å²) in [5, 5.41) is 3.17. The highest BCUT2D eigenvalue weighted by Gasteiger charge is 2.34. The van der Waals surface area contributed by atoms with Gasteiger partial charge in [-0.15, -0.1) is 0 Å². The zero-order chi connectivity index (χ0) is 26.3. The van der Waals surface area contributed by atoms with Crippen molar-refractivity contribution in [1.29, 1.82) is 0 Å². The first kappa shape index (κ1) is 24.4. The Bertz CT molecular complexity index is 1450. The van der Waals surface area contributed by atoms with Gasteiger partial charge in [0.1, 0.15) is 12.4 Å². The van der Waals surface area contributed by atoms with Crippen LogP contribution in [0.1, 0.15) is 28.4 Å².